The highest BCUT2D eigenvalue weighted by Crippen LogP contribution is 2.33. The van der Waals surface area contributed by atoms with Gasteiger partial charge >= 0.3 is 0 Å². The lowest BCUT2D eigenvalue weighted by molar-refractivity contribution is -0.129. The van der Waals surface area contributed by atoms with E-state index in [0.717, 1.165) is 46.9 Å². The van der Waals surface area contributed by atoms with Gasteiger partial charge in [0, 0.05) is 40.9 Å². The summed E-state index contributed by atoms with van der Waals surface area (Å²) in [4.78, 5) is 31.3. The van der Waals surface area contributed by atoms with E-state index in [1.807, 2.05) is 36.6 Å². The molecule has 1 aliphatic heterocycles. The first-order valence-corrected chi connectivity index (χ1v) is 11.1. The Morgan fingerprint density at radius 2 is 2.07 bits per heavy atom. The predicted molar refractivity (Wildman–Crippen MR) is 111 cm³/mol. The van der Waals surface area contributed by atoms with Gasteiger partial charge in [-0.1, -0.05) is 30.0 Å². The van der Waals surface area contributed by atoms with Gasteiger partial charge in [-0.25, -0.2) is 4.98 Å². The molecule has 0 spiro atoms. The van der Waals surface area contributed by atoms with Gasteiger partial charge in [-0.05, 0) is 25.8 Å². The summed E-state index contributed by atoms with van der Waals surface area (Å²) in [7, 11) is 0. The molecule has 3 aromatic rings. The van der Waals surface area contributed by atoms with Crippen LogP contribution in [0.3, 0.4) is 0 Å². The topological polar surface area (TPSA) is 75.4 Å². The number of rotatable bonds is 6. The van der Waals surface area contributed by atoms with E-state index < -0.39 is 0 Å². The van der Waals surface area contributed by atoms with E-state index in [9.17, 15) is 9.59 Å². The lowest BCUT2D eigenvalue weighted by Gasteiger charge is -2.15. The molecular formula is C20H21N3O3S2. The van der Waals surface area contributed by atoms with Crippen molar-refractivity contribution in [2.45, 2.75) is 29.9 Å². The van der Waals surface area contributed by atoms with Crippen LogP contribution in [0.15, 0.2) is 38.4 Å². The molecule has 6 nitrogen and oxygen atoms in total. The number of para-hydroxylation sites is 1. The standard InChI is InChI=1S/C20H21N3O3S2/c1-13-11-27-20(22-13)28-12-15-14-6-2-3-7-16(14)26-18(15)19(25)21-10-17(24)23-8-4-5-9-23/h2-3,6-7,11H,4-5,8-10,12H2,1H3,(H,21,25). The van der Waals surface area contributed by atoms with Crippen molar-refractivity contribution in [3.05, 3.63) is 46.7 Å². The van der Waals surface area contributed by atoms with Crippen molar-refractivity contribution in [1.82, 2.24) is 15.2 Å². The van der Waals surface area contributed by atoms with Gasteiger partial charge in [-0.2, -0.15) is 0 Å². The number of hydrogen-bond donors (Lipinski definition) is 1. The Kier molecular flexibility index (Phi) is 5.68. The monoisotopic (exact) mass is 415 g/mol. The van der Waals surface area contributed by atoms with E-state index in [2.05, 4.69) is 10.3 Å². The molecule has 4 rings (SSSR count). The minimum absolute atomic E-state index is 0.00582. The molecule has 1 fully saturated rings. The molecule has 0 bridgehead atoms. The Labute approximate surface area is 171 Å². The number of nitrogens with one attached hydrogen (secondary N) is 1. The summed E-state index contributed by atoms with van der Waals surface area (Å²) in [6.45, 7) is 3.50. The van der Waals surface area contributed by atoms with Gasteiger partial charge in [0.1, 0.15) is 9.92 Å². The average Bonchev–Trinajstić information content (AvgIpc) is 3.44. The van der Waals surface area contributed by atoms with Crippen molar-refractivity contribution in [2.75, 3.05) is 19.6 Å². The Bertz CT molecular complexity index is 1010. The summed E-state index contributed by atoms with van der Waals surface area (Å²) in [5.74, 6) is 0.453. The number of benzene rings is 1. The average molecular weight is 416 g/mol. The minimum Gasteiger partial charge on any atom is -0.451 e. The first-order valence-electron chi connectivity index (χ1n) is 9.23. The van der Waals surface area contributed by atoms with Crippen LogP contribution in [0, 0.1) is 6.92 Å². The number of aromatic nitrogens is 1. The van der Waals surface area contributed by atoms with Gasteiger partial charge in [0.2, 0.25) is 5.91 Å². The Hall–Kier alpha value is -2.32. The molecule has 2 amide bonds. The van der Waals surface area contributed by atoms with Crippen molar-refractivity contribution in [3.8, 4) is 0 Å². The molecule has 146 valence electrons. The van der Waals surface area contributed by atoms with Crippen molar-refractivity contribution in [2.24, 2.45) is 0 Å². The fraction of sp³-hybridized carbons (Fsp3) is 0.350. The highest BCUT2D eigenvalue weighted by molar-refractivity contribution is 8.00. The zero-order chi connectivity index (χ0) is 19.5. The van der Waals surface area contributed by atoms with Crippen molar-refractivity contribution >= 4 is 45.9 Å². The van der Waals surface area contributed by atoms with Gasteiger partial charge in [0.15, 0.2) is 5.76 Å². The minimum atomic E-state index is -0.352. The second kappa shape index (κ2) is 8.36. The SMILES string of the molecule is Cc1csc(SCc2c(C(=O)NCC(=O)N3CCCC3)oc3ccccc23)n1. The quantitative estimate of drug-likeness (QED) is 0.619. The summed E-state index contributed by atoms with van der Waals surface area (Å²) in [5.41, 5.74) is 2.49. The summed E-state index contributed by atoms with van der Waals surface area (Å²) in [5, 5.41) is 5.66. The molecule has 1 saturated heterocycles. The third-order valence-electron chi connectivity index (χ3n) is 4.70. The second-order valence-electron chi connectivity index (χ2n) is 6.72. The van der Waals surface area contributed by atoms with E-state index in [0.29, 0.717) is 11.3 Å². The van der Waals surface area contributed by atoms with E-state index in [1.54, 1.807) is 28.0 Å². The number of carbonyl (C=O) groups is 2. The number of thioether (sulfide) groups is 1. The van der Waals surface area contributed by atoms with Crippen LogP contribution in [0.4, 0.5) is 0 Å². The maximum atomic E-state index is 12.8. The zero-order valence-electron chi connectivity index (χ0n) is 15.6. The molecule has 1 N–H and O–H groups in total. The molecule has 0 aliphatic carbocycles. The van der Waals surface area contributed by atoms with Crippen LogP contribution >= 0.6 is 23.1 Å². The van der Waals surface area contributed by atoms with Crippen molar-refractivity contribution in [3.63, 3.8) is 0 Å². The summed E-state index contributed by atoms with van der Waals surface area (Å²) >= 11 is 3.17. The number of hydrogen-bond acceptors (Lipinski definition) is 6. The van der Waals surface area contributed by atoms with Crippen LogP contribution in [0.5, 0.6) is 0 Å². The maximum Gasteiger partial charge on any atom is 0.287 e. The first-order chi connectivity index (χ1) is 13.6. The zero-order valence-corrected chi connectivity index (χ0v) is 17.2. The molecular weight excluding hydrogens is 394 g/mol. The number of furan rings is 1. The Morgan fingerprint density at radius 1 is 1.29 bits per heavy atom. The van der Waals surface area contributed by atoms with E-state index >= 15 is 0 Å². The van der Waals surface area contributed by atoms with Crippen LogP contribution < -0.4 is 5.32 Å². The highest BCUT2D eigenvalue weighted by atomic mass is 32.2. The number of carbonyl (C=O) groups excluding carboxylic acids is 2. The van der Waals surface area contributed by atoms with Crippen LogP contribution in [0.25, 0.3) is 11.0 Å². The molecule has 0 unspecified atom stereocenters. The van der Waals surface area contributed by atoms with Crippen LogP contribution in [-0.4, -0.2) is 41.3 Å². The van der Waals surface area contributed by atoms with Gasteiger partial charge in [0.05, 0.1) is 6.54 Å². The first kappa shape index (κ1) is 19.0. The van der Waals surface area contributed by atoms with Gasteiger partial charge in [-0.3, -0.25) is 9.59 Å². The van der Waals surface area contributed by atoms with E-state index in [1.165, 1.54) is 0 Å². The van der Waals surface area contributed by atoms with Crippen LogP contribution in [0.1, 0.15) is 34.7 Å². The summed E-state index contributed by atoms with van der Waals surface area (Å²) in [6, 6.07) is 7.61. The normalized spacial score (nSPS) is 14.0. The third-order valence-corrected chi connectivity index (χ3v) is 6.87. The number of likely N-dealkylation sites (tertiary alicyclic amines) is 1. The number of nitrogens with zero attached hydrogens (tertiary/aromatic N) is 2. The maximum absolute atomic E-state index is 12.8. The molecule has 8 heteroatoms. The van der Waals surface area contributed by atoms with Gasteiger partial charge < -0.3 is 14.6 Å². The van der Waals surface area contributed by atoms with E-state index in [-0.39, 0.29) is 24.1 Å². The lowest BCUT2D eigenvalue weighted by Crippen LogP contribution is -2.38. The fourth-order valence-corrected chi connectivity index (χ4v) is 5.15. The fourth-order valence-electron chi connectivity index (χ4n) is 3.27. The summed E-state index contributed by atoms with van der Waals surface area (Å²) in [6.07, 6.45) is 2.06. The highest BCUT2D eigenvalue weighted by Gasteiger charge is 2.23. The Morgan fingerprint density at radius 3 is 2.82 bits per heavy atom. The van der Waals surface area contributed by atoms with Crippen LogP contribution in [0.2, 0.25) is 0 Å². The second-order valence-corrected chi connectivity index (χ2v) is 8.80. The lowest BCUT2D eigenvalue weighted by atomic mass is 10.1. The number of fused-ring (bicyclic) bond motifs is 1. The molecule has 0 saturated carbocycles. The molecule has 1 aliphatic rings. The smallest absolute Gasteiger partial charge is 0.287 e. The van der Waals surface area contributed by atoms with Crippen molar-refractivity contribution in [1.29, 1.82) is 0 Å². The molecule has 28 heavy (non-hydrogen) atoms. The Balaban J connectivity index is 1.51. The van der Waals surface area contributed by atoms with Gasteiger partial charge in [0.25, 0.3) is 5.91 Å². The van der Waals surface area contributed by atoms with Crippen LogP contribution in [-0.2, 0) is 10.5 Å². The van der Waals surface area contributed by atoms with E-state index in [4.69, 9.17) is 4.42 Å². The molecule has 0 radical (unpaired) electrons. The van der Waals surface area contributed by atoms with Crippen molar-refractivity contribution < 1.29 is 14.0 Å². The third kappa shape index (κ3) is 4.07. The number of amides is 2. The molecule has 3 heterocycles. The molecule has 1 aromatic carbocycles. The molecule has 0 atom stereocenters. The largest absolute Gasteiger partial charge is 0.451 e. The predicted octanol–water partition coefficient (Wildman–Crippen LogP) is 3.84. The van der Waals surface area contributed by atoms with Gasteiger partial charge in [-0.15, -0.1) is 11.3 Å². The summed E-state index contributed by atoms with van der Waals surface area (Å²) < 4.78 is 6.80. The number of aryl methyl sites for hydroxylation is 1. The number of thiazole rings is 1. The molecule has 2 aromatic heterocycles.